The summed E-state index contributed by atoms with van der Waals surface area (Å²) in [5.41, 5.74) is 3.30. The molecule has 0 bridgehead atoms. The molecule has 0 aliphatic carbocycles. The molecular formula is C24H33IN4O. The predicted octanol–water partition coefficient (Wildman–Crippen LogP) is 3.69. The van der Waals surface area contributed by atoms with E-state index in [4.69, 9.17) is 0 Å². The Morgan fingerprint density at radius 3 is 2.57 bits per heavy atom. The van der Waals surface area contributed by atoms with E-state index in [1.165, 1.54) is 12.0 Å². The number of aliphatic imine (C=N–C) groups is 1. The number of carbonyl (C=O) groups is 1. The standard InChI is InChI=1S/C24H32N4O.HI/c1-25-24(28-15-13-21(18-28)16-19-8-5-4-6-9-19)26-14-12-20-10-7-11-22(17-20)23(29)27(2)3;/h4-11,17,21H,12-16,18H2,1-3H3,(H,25,26);1H. The van der Waals surface area contributed by atoms with Crippen molar-refractivity contribution in [2.75, 3.05) is 40.8 Å². The minimum absolute atomic E-state index is 0. The van der Waals surface area contributed by atoms with Gasteiger partial charge in [-0.3, -0.25) is 9.79 Å². The first-order valence-electron chi connectivity index (χ1n) is 10.4. The molecule has 162 valence electrons. The maximum Gasteiger partial charge on any atom is 0.253 e. The van der Waals surface area contributed by atoms with Gasteiger partial charge in [0, 0.05) is 46.3 Å². The summed E-state index contributed by atoms with van der Waals surface area (Å²) in [4.78, 5) is 20.6. The molecule has 0 aromatic heterocycles. The third-order valence-corrected chi connectivity index (χ3v) is 5.44. The molecule has 1 fully saturated rings. The molecule has 1 heterocycles. The van der Waals surface area contributed by atoms with Gasteiger partial charge < -0.3 is 15.1 Å². The summed E-state index contributed by atoms with van der Waals surface area (Å²) < 4.78 is 0. The number of carbonyl (C=O) groups excluding carboxylic acids is 1. The van der Waals surface area contributed by atoms with Gasteiger partial charge >= 0.3 is 0 Å². The Kier molecular flexibility index (Phi) is 9.62. The Hall–Kier alpha value is -2.09. The number of nitrogens with one attached hydrogen (secondary N) is 1. The van der Waals surface area contributed by atoms with Crippen LogP contribution in [0.3, 0.4) is 0 Å². The highest BCUT2D eigenvalue weighted by Gasteiger charge is 2.24. The molecule has 0 spiro atoms. The molecule has 3 rings (SSSR count). The number of benzene rings is 2. The molecular weight excluding hydrogens is 487 g/mol. The van der Waals surface area contributed by atoms with Crippen LogP contribution >= 0.6 is 24.0 Å². The molecule has 0 radical (unpaired) electrons. The maximum atomic E-state index is 12.1. The normalized spacial score (nSPS) is 16.2. The largest absolute Gasteiger partial charge is 0.356 e. The summed E-state index contributed by atoms with van der Waals surface area (Å²) in [5, 5.41) is 3.50. The molecule has 1 unspecified atom stereocenters. The quantitative estimate of drug-likeness (QED) is 0.359. The van der Waals surface area contributed by atoms with Gasteiger partial charge in [0.25, 0.3) is 5.91 Å². The summed E-state index contributed by atoms with van der Waals surface area (Å²) >= 11 is 0. The van der Waals surface area contributed by atoms with Gasteiger partial charge in [0.2, 0.25) is 0 Å². The van der Waals surface area contributed by atoms with E-state index in [0.717, 1.165) is 49.6 Å². The second kappa shape index (κ2) is 11.9. The van der Waals surface area contributed by atoms with Gasteiger partial charge in [-0.2, -0.15) is 0 Å². The van der Waals surface area contributed by atoms with E-state index < -0.39 is 0 Å². The minimum atomic E-state index is 0. The van der Waals surface area contributed by atoms with Gasteiger partial charge in [-0.1, -0.05) is 42.5 Å². The van der Waals surface area contributed by atoms with E-state index in [1.54, 1.807) is 19.0 Å². The number of rotatable bonds is 6. The zero-order valence-corrected chi connectivity index (χ0v) is 20.5. The van der Waals surface area contributed by atoms with Crippen molar-refractivity contribution >= 4 is 35.8 Å². The van der Waals surface area contributed by atoms with E-state index >= 15 is 0 Å². The van der Waals surface area contributed by atoms with Gasteiger partial charge in [-0.25, -0.2) is 0 Å². The van der Waals surface area contributed by atoms with Gasteiger partial charge in [0.1, 0.15) is 0 Å². The lowest BCUT2D eigenvalue weighted by molar-refractivity contribution is 0.0827. The van der Waals surface area contributed by atoms with Gasteiger partial charge in [-0.05, 0) is 48.4 Å². The van der Waals surface area contributed by atoms with Crippen molar-refractivity contribution < 1.29 is 4.79 Å². The number of halogens is 1. The zero-order chi connectivity index (χ0) is 20.6. The number of amides is 1. The van der Waals surface area contributed by atoms with E-state index in [9.17, 15) is 4.79 Å². The summed E-state index contributed by atoms with van der Waals surface area (Å²) in [5.74, 6) is 1.68. The second-order valence-electron chi connectivity index (χ2n) is 7.91. The van der Waals surface area contributed by atoms with Gasteiger partial charge in [0.15, 0.2) is 5.96 Å². The lowest BCUT2D eigenvalue weighted by Gasteiger charge is -2.22. The molecule has 1 aliphatic rings. The third-order valence-electron chi connectivity index (χ3n) is 5.44. The number of likely N-dealkylation sites (tertiary alicyclic amines) is 1. The van der Waals surface area contributed by atoms with Crippen LogP contribution in [0.4, 0.5) is 0 Å². The fourth-order valence-corrected chi connectivity index (χ4v) is 3.91. The smallest absolute Gasteiger partial charge is 0.253 e. The molecule has 5 nitrogen and oxygen atoms in total. The molecule has 1 amide bonds. The third kappa shape index (κ3) is 6.72. The van der Waals surface area contributed by atoms with E-state index in [1.807, 2.05) is 25.2 Å². The van der Waals surface area contributed by atoms with Crippen molar-refractivity contribution in [3.05, 3.63) is 71.3 Å². The van der Waals surface area contributed by atoms with Crippen LogP contribution in [0.25, 0.3) is 0 Å². The highest BCUT2D eigenvalue weighted by Crippen LogP contribution is 2.20. The van der Waals surface area contributed by atoms with Crippen LogP contribution in [0, 0.1) is 5.92 Å². The van der Waals surface area contributed by atoms with Crippen molar-refractivity contribution in [2.45, 2.75) is 19.3 Å². The number of hydrogen-bond donors (Lipinski definition) is 1. The molecule has 2 aromatic rings. The Labute approximate surface area is 197 Å². The van der Waals surface area contributed by atoms with Crippen LogP contribution in [0.15, 0.2) is 59.6 Å². The van der Waals surface area contributed by atoms with Crippen LogP contribution in [0.5, 0.6) is 0 Å². The SMILES string of the molecule is CN=C(NCCc1cccc(C(=O)N(C)C)c1)N1CCC(Cc2ccccc2)C1.I. The Morgan fingerprint density at radius 2 is 1.87 bits per heavy atom. The molecule has 0 saturated carbocycles. The summed E-state index contributed by atoms with van der Waals surface area (Å²) in [6, 6.07) is 18.6. The highest BCUT2D eigenvalue weighted by molar-refractivity contribution is 14.0. The number of guanidine groups is 1. The summed E-state index contributed by atoms with van der Waals surface area (Å²) in [7, 11) is 5.41. The monoisotopic (exact) mass is 520 g/mol. The number of hydrogen-bond acceptors (Lipinski definition) is 2. The van der Waals surface area contributed by atoms with Crippen LogP contribution < -0.4 is 5.32 Å². The summed E-state index contributed by atoms with van der Waals surface area (Å²) in [6.45, 7) is 2.89. The zero-order valence-electron chi connectivity index (χ0n) is 18.2. The average Bonchev–Trinajstić information content (AvgIpc) is 3.19. The fourth-order valence-electron chi connectivity index (χ4n) is 3.91. The molecule has 6 heteroatoms. The van der Waals surface area contributed by atoms with Crippen molar-refractivity contribution in [3.8, 4) is 0 Å². The highest BCUT2D eigenvalue weighted by atomic mass is 127. The molecule has 30 heavy (non-hydrogen) atoms. The summed E-state index contributed by atoms with van der Waals surface area (Å²) in [6.07, 6.45) is 3.18. The Morgan fingerprint density at radius 1 is 1.13 bits per heavy atom. The van der Waals surface area contributed by atoms with Crippen molar-refractivity contribution in [1.29, 1.82) is 0 Å². The van der Waals surface area contributed by atoms with Crippen LogP contribution in [0.2, 0.25) is 0 Å². The van der Waals surface area contributed by atoms with E-state index in [0.29, 0.717) is 5.92 Å². The Bertz CT molecular complexity index is 838. The lowest BCUT2D eigenvalue weighted by Crippen LogP contribution is -2.41. The minimum Gasteiger partial charge on any atom is -0.356 e. The molecule has 1 atom stereocenters. The Balaban J connectivity index is 0.00000320. The second-order valence-corrected chi connectivity index (χ2v) is 7.91. The topological polar surface area (TPSA) is 47.9 Å². The predicted molar refractivity (Wildman–Crippen MR) is 135 cm³/mol. The van der Waals surface area contributed by atoms with Gasteiger partial charge in [-0.15, -0.1) is 24.0 Å². The van der Waals surface area contributed by atoms with Gasteiger partial charge in [0.05, 0.1) is 0 Å². The van der Waals surface area contributed by atoms with Crippen LogP contribution in [-0.4, -0.2) is 62.4 Å². The molecule has 1 aliphatic heterocycles. The van der Waals surface area contributed by atoms with E-state index in [-0.39, 0.29) is 29.9 Å². The molecule has 1 saturated heterocycles. The van der Waals surface area contributed by atoms with Crippen molar-refractivity contribution in [3.63, 3.8) is 0 Å². The molecule has 1 N–H and O–H groups in total. The number of nitrogens with zero attached hydrogens (tertiary/aromatic N) is 3. The van der Waals surface area contributed by atoms with Crippen molar-refractivity contribution in [1.82, 2.24) is 15.1 Å². The first-order valence-corrected chi connectivity index (χ1v) is 10.4. The molecule has 2 aromatic carbocycles. The average molecular weight is 520 g/mol. The van der Waals surface area contributed by atoms with Crippen molar-refractivity contribution in [2.24, 2.45) is 10.9 Å². The lowest BCUT2D eigenvalue weighted by atomic mass is 9.99. The van der Waals surface area contributed by atoms with E-state index in [2.05, 4.69) is 51.6 Å². The van der Waals surface area contributed by atoms with Crippen LogP contribution in [0.1, 0.15) is 27.9 Å². The first-order chi connectivity index (χ1) is 14.1. The maximum absolute atomic E-state index is 12.1. The first kappa shape index (κ1) is 24.2. The fraction of sp³-hybridized carbons (Fsp3) is 0.417. The van der Waals surface area contributed by atoms with Crippen LogP contribution in [-0.2, 0) is 12.8 Å².